The minimum absolute atomic E-state index is 0.216. The van der Waals surface area contributed by atoms with Gasteiger partial charge in [0.05, 0.1) is 13.2 Å². The Balaban J connectivity index is 1.72. The first kappa shape index (κ1) is 14.5. The van der Waals surface area contributed by atoms with Crippen LogP contribution in [0, 0.1) is 0 Å². The smallest absolute Gasteiger partial charge is 0.0586 e. The first-order valence-corrected chi connectivity index (χ1v) is 8.27. The third-order valence-electron chi connectivity index (χ3n) is 4.65. The highest BCUT2D eigenvalue weighted by molar-refractivity contribution is 9.10. The van der Waals surface area contributed by atoms with Crippen LogP contribution in [0.15, 0.2) is 28.7 Å². The Morgan fingerprint density at radius 3 is 2.70 bits per heavy atom. The van der Waals surface area contributed by atoms with E-state index in [2.05, 4.69) is 57.3 Å². The van der Waals surface area contributed by atoms with Crippen molar-refractivity contribution in [2.45, 2.75) is 24.8 Å². The number of nitrogens with one attached hydrogen (secondary N) is 1. The van der Waals surface area contributed by atoms with E-state index in [-0.39, 0.29) is 5.41 Å². The number of benzene rings is 1. The van der Waals surface area contributed by atoms with Gasteiger partial charge in [0.1, 0.15) is 0 Å². The zero-order valence-corrected chi connectivity index (χ0v) is 13.7. The van der Waals surface area contributed by atoms with Crippen molar-refractivity contribution < 1.29 is 4.74 Å². The molecule has 4 heteroatoms. The SMILES string of the molecule is CC(CC1(c2cccc(Br)c2)COC1)N1CCNCC1. The Morgan fingerprint density at radius 2 is 2.10 bits per heavy atom. The van der Waals surface area contributed by atoms with Gasteiger partial charge in [-0.15, -0.1) is 0 Å². The summed E-state index contributed by atoms with van der Waals surface area (Å²) in [5, 5.41) is 3.43. The Morgan fingerprint density at radius 1 is 1.35 bits per heavy atom. The van der Waals surface area contributed by atoms with E-state index in [0.717, 1.165) is 43.9 Å². The minimum Gasteiger partial charge on any atom is -0.379 e. The van der Waals surface area contributed by atoms with Gasteiger partial charge < -0.3 is 10.1 Å². The van der Waals surface area contributed by atoms with Crippen molar-refractivity contribution in [2.75, 3.05) is 39.4 Å². The number of hydrogen-bond acceptors (Lipinski definition) is 3. The largest absolute Gasteiger partial charge is 0.379 e. The van der Waals surface area contributed by atoms with Crippen LogP contribution >= 0.6 is 15.9 Å². The second-order valence-electron chi connectivity index (χ2n) is 6.12. The summed E-state index contributed by atoms with van der Waals surface area (Å²) in [6, 6.07) is 9.34. The maximum absolute atomic E-state index is 5.57. The molecule has 0 saturated carbocycles. The highest BCUT2D eigenvalue weighted by Gasteiger charge is 2.42. The summed E-state index contributed by atoms with van der Waals surface area (Å²) in [6.07, 6.45) is 1.18. The van der Waals surface area contributed by atoms with Crippen molar-refractivity contribution in [2.24, 2.45) is 0 Å². The van der Waals surface area contributed by atoms with E-state index < -0.39 is 0 Å². The van der Waals surface area contributed by atoms with Crippen LogP contribution in [0.4, 0.5) is 0 Å². The highest BCUT2D eigenvalue weighted by Crippen LogP contribution is 2.38. The number of halogens is 1. The summed E-state index contributed by atoms with van der Waals surface area (Å²) in [7, 11) is 0. The standard InChI is InChI=1S/C16H23BrN2O/c1-13(19-7-5-18-6-8-19)10-16(11-20-12-16)14-3-2-4-15(17)9-14/h2-4,9,13,18H,5-8,10-12H2,1H3. The molecule has 20 heavy (non-hydrogen) atoms. The molecule has 2 fully saturated rings. The third kappa shape index (κ3) is 2.93. The minimum atomic E-state index is 0.216. The fraction of sp³-hybridized carbons (Fsp3) is 0.625. The van der Waals surface area contributed by atoms with E-state index in [1.165, 1.54) is 12.0 Å². The van der Waals surface area contributed by atoms with Gasteiger partial charge in [-0.2, -0.15) is 0 Å². The van der Waals surface area contributed by atoms with E-state index in [1.54, 1.807) is 0 Å². The van der Waals surface area contributed by atoms with Gasteiger partial charge in [-0.05, 0) is 31.0 Å². The average molecular weight is 339 g/mol. The Labute approximate surface area is 129 Å². The van der Waals surface area contributed by atoms with Gasteiger partial charge in [0.25, 0.3) is 0 Å². The van der Waals surface area contributed by atoms with Gasteiger partial charge in [0.2, 0.25) is 0 Å². The van der Waals surface area contributed by atoms with Crippen molar-refractivity contribution in [3.05, 3.63) is 34.3 Å². The van der Waals surface area contributed by atoms with Crippen molar-refractivity contribution in [1.82, 2.24) is 10.2 Å². The lowest BCUT2D eigenvalue weighted by Gasteiger charge is -2.46. The predicted molar refractivity (Wildman–Crippen MR) is 85.2 cm³/mol. The van der Waals surface area contributed by atoms with Gasteiger partial charge in [-0.25, -0.2) is 0 Å². The molecule has 0 bridgehead atoms. The topological polar surface area (TPSA) is 24.5 Å². The maximum atomic E-state index is 5.57. The van der Waals surface area contributed by atoms with E-state index in [0.29, 0.717) is 6.04 Å². The van der Waals surface area contributed by atoms with Gasteiger partial charge in [-0.1, -0.05) is 28.1 Å². The lowest BCUT2D eigenvalue weighted by atomic mass is 9.74. The summed E-state index contributed by atoms with van der Waals surface area (Å²) in [4.78, 5) is 2.61. The number of ether oxygens (including phenoxy) is 1. The Bertz CT molecular complexity index is 456. The lowest BCUT2D eigenvalue weighted by molar-refractivity contribution is -0.0746. The second kappa shape index (κ2) is 6.14. The van der Waals surface area contributed by atoms with Crippen LogP contribution in [0.2, 0.25) is 0 Å². The van der Waals surface area contributed by atoms with E-state index in [1.807, 2.05) is 0 Å². The first-order valence-electron chi connectivity index (χ1n) is 7.48. The molecule has 1 aromatic rings. The van der Waals surface area contributed by atoms with Crippen molar-refractivity contribution >= 4 is 15.9 Å². The molecular weight excluding hydrogens is 316 g/mol. The van der Waals surface area contributed by atoms with E-state index >= 15 is 0 Å². The zero-order chi connectivity index (χ0) is 14.0. The summed E-state index contributed by atoms with van der Waals surface area (Å²) in [5.41, 5.74) is 1.63. The zero-order valence-electron chi connectivity index (χ0n) is 12.1. The molecular formula is C16H23BrN2O. The average Bonchev–Trinajstić information content (AvgIpc) is 2.43. The third-order valence-corrected chi connectivity index (χ3v) is 5.15. The van der Waals surface area contributed by atoms with Crippen molar-refractivity contribution in [3.63, 3.8) is 0 Å². The maximum Gasteiger partial charge on any atom is 0.0586 e. The Kier molecular flexibility index (Phi) is 4.46. The van der Waals surface area contributed by atoms with Gasteiger partial charge in [-0.3, -0.25) is 4.90 Å². The lowest BCUT2D eigenvalue weighted by Crippen LogP contribution is -2.54. The summed E-state index contributed by atoms with van der Waals surface area (Å²) < 4.78 is 6.74. The van der Waals surface area contributed by atoms with Crippen molar-refractivity contribution in [1.29, 1.82) is 0 Å². The molecule has 0 aliphatic carbocycles. The number of hydrogen-bond donors (Lipinski definition) is 1. The molecule has 2 saturated heterocycles. The van der Waals surface area contributed by atoms with Crippen LogP contribution in [0.5, 0.6) is 0 Å². The van der Waals surface area contributed by atoms with Crippen LogP contribution in [-0.2, 0) is 10.2 Å². The highest BCUT2D eigenvalue weighted by atomic mass is 79.9. The molecule has 0 radical (unpaired) electrons. The molecule has 110 valence electrons. The molecule has 2 heterocycles. The molecule has 0 aromatic heterocycles. The van der Waals surface area contributed by atoms with Crippen molar-refractivity contribution in [3.8, 4) is 0 Å². The predicted octanol–water partition coefficient (Wildman–Crippen LogP) is 2.40. The molecule has 0 spiro atoms. The van der Waals surface area contributed by atoms with Crippen LogP contribution in [-0.4, -0.2) is 50.3 Å². The molecule has 1 unspecified atom stereocenters. The van der Waals surface area contributed by atoms with Crippen LogP contribution < -0.4 is 5.32 Å². The van der Waals surface area contributed by atoms with Gasteiger partial charge >= 0.3 is 0 Å². The van der Waals surface area contributed by atoms with Gasteiger partial charge in [0.15, 0.2) is 0 Å². The fourth-order valence-electron chi connectivity index (χ4n) is 3.39. The summed E-state index contributed by atoms with van der Waals surface area (Å²) in [5.74, 6) is 0. The molecule has 1 aromatic carbocycles. The molecule has 1 N–H and O–H groups in total. The molecule has 2 aliphatic heterocycles. The normalized spacial score (nSPS) is 24.1. The quantitative estimate of drug-likeness (QED) is 0.912. The summed E-state index contributed by atoms with van der Waals surface area (Å²) >= 11 is 3.59. The van der Waals surface area contributed by atoms with Crippen LogP contribution in [0.3, 0.4) is 0 Å². The molecule has 3 rings (SSSR count). The number of nitrogens with zero attached hydrogens (tertiary/aromatic N) is 1. The molecule has 1 atom stereocenters. The molecule has 0 amide bonds. The molecule has 2 aliphatic rings. The number of piperazine rings is 1. The molecule has 3 nitrogen and oxygen atoms in total. The fourth-order valence-corrected chi connectivity index (χ4v) is 3.79. The van der Waals surface area contributed by atoms with E-state index in [4.69, 9.17) is 4.74 Å². The first-order chi connectivity index (χ1) is 9.70. The van der Waals surface area contributed by atoms with Gasteiger partial charge in [0, 0.05) is 42.1 Å². The number of rotatable bonds is 4. The van der Waals surface area contributed by atoms with Crippen LogP contribution in [0.1, 0.15) is 18.9 Å². The van der Waals surface area contributed by atoms with Crippen LogP contribution in [0.25, 0.3) is 0 Å². The van der Waals surface area contributed by atoms with E-state index in [9.17, 15) is 0 Å². The Hall–Kier alpha value is -0.420. The summed E-state index contributed by atoms with van der Waals surface area (Å²) in [6.45, 7) is 8.64. The second-order valence-corrected chi connectivity index (χ2v) is 7.04. The monoisotopic (exact) mass is 338 g/mol.